The van der Waals surface area contributed by atoms with Crippen LogP contribution in [0.25, 0.3) is 0 Å². The Balaban J connectivity index is 1.67. The van der Waals surface area contributed by atoms with Crippen LogP contribution in [-0.4, -0.2) is 59.3 Å². The standard InChI is InChI=1S/C19H22Cl2N2O5S/c1-26-19-5-3-15(29(24,25)23-7-10-27-11-8-23)13-17(19)22-6-9-28-18-4-2-14(20)12-16(18)21/h2-5,12-13,22H,6-11H2,1H3. The molecule has 0 aliphatic carbocycles. The number of nitrogens with zero attached hydrogens (tertiary/aromatic N) is 1. The van der Waals surface area contributed by atoms with Crippen LogP contribution in [0.15, 0.2) is 41.3 Å². The van der Waals surface area contributed by atoms with E-state index in [-0.39, 0.29) is 4.90 Å². The van der Waals surface area contributed by atoms with Crippen LogP contribution in [0.2, 0.25) is 10.0 Å². The molecule has 3 rings (SSSR count). The Morgan fingerprint density at radius 3 is 2.52 bits per heavy atom. The Bertz CT molecular complexity index is 950. The second kappa shape index (κ2) is 9.86. The molecule has 0 spiro atoms. The topological polar surface area (TPSA) is 77.1 Å². The maximum Gasteiger partial charge on any atom is 0.243 e. The maximum absolute atomic E-state index is 12.9. The number of benzene rings is 2. The van der Waals surface area contributed by atoms with Crippen LogP contribution in [-0.2, 0) is 14.8 Å². The van der Waals surface area contributed by atoms with Crippen molar-refractivity contribution in [2.75, 3.05) is 51.9 Å². The highest BCUT2D eigenvalue weighted by atomic mass is 35.5. The molecule has 1 N–H and O–H groups in total. The molecule has 1 aliphatic heterocycles. The van der Waals surface area contributed by atoms with E-state index in [1.165, 1.54) is 11.4 Å². The van der Waals surface area contributed by atoms with Crippen molar-refractivity contribution < 1.29 is 22.6 Å². The van der Waals surface area contributed by atoms with Gasteiger partial charge in [0.2, 0.25) is 10.0 Å². The van der Waals surface area contributed by atoms with E-state index in [0.717, 1.165) is 0 Å². The molecule has 0 radical (unpaired) electrons. The number of nitrogens with one attached hydrogen (secondary N) is 1. The molecule has 1 fully saturated rings. The summed E-state index contributed by atoms with van der Waals surface area (Å²) in [6.45, 7) is 2.19. The van der Waals surface area contributed by atoms with Crippen molar-refractivity contribution in [3.05, 3.63) is 46.4 Å². The average molecular weight is 461 g/mol. The molecule has 29 heavy (non-hydrogen) atoms. The Morgan fingerprint density at radius 2 is 1.83 bits per heavy atom. The predicted octanol–water partition coefficient (Wildman–Crippen LogP) is 3.51. The van der Waals surface area contributed by atoms with Crippen LogP contribution in [0.5, 0.6) is 11.5 Å². The van der Waals surface area contributed by atoms with Crippen molar-refractivity contribution >= 4 is 38.9 Å². The van der Waals surface area contributed by atoms with Crippen molar-refractivity contribution in [2.45, 2.75) is 4.90 Å². The summed E-state index contributed by atoms with van der Waals surface area (Å²) in [5.41, 5.74) is 0.563. The Kier molecular flexibility index (Phi) is 7.48. The van der Waals surface area contributed by atoms with Gasteiger partial charge in [0.15, 0.2) is 0 Å². The van der Waals surface area contributed by atoms with Gasteiger partial charge in [0.25, 0.3) is 0 Å². The van der Waals surface area contributed by atoms with E-state index in [2.05, 4.69) is 5.32 Å². The summed E-state index contributed by atoms with van der Waals surface area (Å²) >= 11 is 12.0. The first kappa shape index (κ1) is 22.0. The smallest absolute Gasteiger partial charge is 0.243 e. The van der Waals surface area contributed by atoms with Crippen LogP contribution in [0.1, 0.15) is 0 Å². The summed E-state index contributed by atoms with van der Waals surface area (Å²) in [7, 11) is -2.07. The zero-order valence-electron chi connectivity index (χ0n) is 15.9. The van der Waals surface area contributed by atoms with Gasteiger partial charge in [-0.15, -0.1) is 0 Å². The highest BCUT2D eigenvalue weighted by Crippen LogP contribution is 2.30. The fraction of sp³-hybridized carbons (Fsp3) is 0.368. The maximum atomic E-state index is 12.9. The number of anilines is 1. The quantitative estimate of drug-likeness (QED) is 0.607. The Labute approximate surface area is 180 Å². The largest absolute Gasteiger partial charge is 0.495 e. The number of methoxy groups -OCH3 is 1. The van der Waals surface area contributed by atoms with E-state index in [4.69, 9.17) is 37.4 Å². The minimum absolute atomic E-state index is 0.198. The third-order valence-corrected chi connectivity index (χ3v) is 6.77. The molecule has 2 aromatic rings. The van der Waals surface area contributed by atoms with Gasteiger partial charge in [-0.25, -0.2) is 8.42 Å². The Hall–Kier alpha value is -1.71. The summed E-state index contributed by atoms with van der Waals surface area (Å²) in [5.74, 6) is 1.06. The fourth-order valence-corrected chi connectivity index (χ4v) is 4.76. The normalized spacial score (nSPS) is 15.1. The molecular weight excluding hydrogens is 439 g/mol. The summed E-state index contributed by atoms with van der Waals surface area (Å²) in [6, 6.07) is 9.74. The molecule has 7 nitrogen and oxygen atoms in total. The average Bonchev–Trinajstić information content (AvgIpc) is 2.73. The fourth-order valence-electron chi connectivity index (χ4n) is 2.86. The van der Waals surface area contributed by atoms with Crippen molar-refractivity contribution in [3.8, 4) is 11.5 Å². The summed E-state index contributed by atoms with van der Waals surface area (Å²) in [5, 5.41) is 4.11. The van der Waals surface area contributed by atoms with Gasteiger partial charge in [-0.05, 0) is 36.4 Å². The van der Waals surface area contributed by atoms with E-state index < -0.39 is 10.0 Å². The third-order valence-electron chi connectivity index (χ3n) is 4.35. The molecule has 1 saturated heterocycles. The monoisotopic (exact) mass is 460 g/mol. The zero-order chi connectivity index (χ0) is 20.9. The number of hydrogen-bond acceptors (Lipinski definition) is 6. The second-order valence-corrected chi connectivity index (χ2v) is 9.01. The van der Waals surface area contributed by atoms with Crippen LogP contribution < -0.4 is 14.8 Å². The van der Waals surface area contributed by atoms with Gasteiger partial charge in [-0.2, -0.15) is 4.31 Å². The summed E-state index contributed by atoms with van der Waals surface area (Å²) < 4.78 is 43.4. The number of rotatable bonds is 8. The second-order valence-electron chi connectivity index (χ2n) is 6.23. The van der Waals surface area contributed by atoms with Crippen LogP contribution >= 0.6 is 23.2 Å². The van der Waals surface area contributed by atoms with Gasteiger partial charge in [0.05, 0.1) is 35.9 Å². The summed E-state index contributed by atoms with van der Waals surface area (Å²) in [4.78, 5) is 0.198. The van der Waals surface area contributed by atoms with E-state index >= 15 is 0 Å². The summed E-state index contributed by atoms with van der Waals surface area (Å²) in [6.07, 6.45) is 0. The predicted molar refractivity (Wildman–Crippen MR) is 113 cm³/mol. The van der Waals surface area contributed by atoms with Gasteiger partial charge in [-0.3, -0.25) is 0 Å². The lowest BCUT2D eigenvalue weighted by Gasteiger charge is -2.26. The number of sulfonamides is 1. The molecular formula is C19H22Cl2N2O5S. The SMILES string of the molecule is COc1ccc(S(=O)(=O)N2CCOCC2)cc1NCCOc1ccc(Cl)cc1Cl. The molecule has 0 amide bonds. The molecule has 1 heterocycles. The van der Waals surface area contributed by atoms with Gasteiger partial charge < -0.3 is 19.5 Å². The first-order valence-electron chi connectivity index (χ1n) is 8.99. The molecule has 0 aromatic heterocycles. The number of ether oxygens (including phenoxy) is 3. The van der Waals surface area contributed by atoms with Gasteiger partial charge in [-0.1, -0.05) is 23.2 Å². The van der Waals surface area contributed by atoms with Gasteiger partial charge >= 0.3 is 0 Å². The van der Waals surface area contributed by atoms with Gasteiger partial charge in [0, 0.05) is 24.7 Å². The first-order valence-corrected chi connectivity index (χ1v) is 11.2. The molecule has 0 bridgehead atoms. The number of hydrogen-bond donors (Lipinski definition) is 1. The van der Waals surface area contributed by atoms with Crippen molar-refractivity contribution in [3.63, 3.8) is 0 Å². The van der Waals surface area contributed by atoms with Crippen LogP contribution in [0.3, 0.4) is 0 Å². The highest BCUT2D eigenvalue weighted by molar-refractivity contribution is 7.89. The van der Waals surface area contributed by atoms with Crippen LogP contribution in [0, 0.1) is 0 Å². The van der Waals surface area contributed by atoms with E-state index in [1.54, 1.807) is 36.4 Å². The molecule has 2 aromatic carbocycles. The molecule has 0 atom stereocenters. The molecule has 158 valence electrons. The minimum atomic E-state index is -3.60. The van der Waals surface area contributed by atoms with Crippen molar-refractivity contribution in [1.82, 2.24) is 4.31 Å². The highest BCUT2D eigenvalue weighted by Gasteiger charge is 2.27. The van der Waals surface area contributed by atoms with E-state index in [0.29, 0.717) is 66.7 Å². The lowest BCUT2D eigenvalue weighted by atomic mass is 10.3. The van der Waals surface area contributed by atoms with Crippen molar-refractivity contribution in [1.29, 1.82) is 0 Å². The first-order chi connectivity index (χ1) is 13.9. The number of halogens is 2. The number of morpholine rings is 1. The molecule has 10 heteroatoms. The third kappa shape index (κ3) is 5.46. The molecule has 1 aliphatic rings. The van der Waals surface area contributed by atoms with E-state index in [1.807, 2.05) is 0 Å². The van der Waals surface area contributed by atoms with Gasteiger partial charge in [0.1, 0.15) is 18.1 Å². The zero-order valence-corrected chi connectivity index (χ0v) is 18.2. The van der Waals surface area contributed by atoms with E-state index in [9.17, 15) is 8.42 Å². The van der Waals surface area contributed by atoms with Crippen molar-refractivity contribution in [2.24, 2.45) is 0 Å². The lowest BCUT2D eigenvalue weighted by molar-refractivity contribution is 0.0730. The molecule has 0 unspecified atom stereocenters. The molecule has 0 saturated carbocycles. The minimum Gasteiger partial charge on any atom is -0.495 e. The Morgan fingerprint density at radius 1 is 1.10 bits per heavy atom. The lowest BCUT2D eigenvalue weighted by Crippen LogP contribution is -2.40. The van der Waals surface area contributed by atoms with Crippen LogP contribution in [0.4, 0.5) is 5.69 Å².